The van der Waals surface area contributed by atoms with Crippen LogP contribution in [-0.4, -0.2) is 32.3 Å². The van der Waals surface area contributed by atoms with Crippen molar-refractivity contribution < 1.29 is 20.1 Å². The smallest absolute Gasteiger partial charge is 0.262 e. The van der Waals surface area contributed by atoms with Crippen molar-refractivity contribution in [2.75, 3.05) is 4.90 Å². The number of nitrogens with zero attached hydrogens (tertiary/aromatic N) is 2. The minimum atomic E-state index is -0.324. The van der Waals surface area contributed by atoms with Crippen molar-refractivity contribution in [1.29, 1.82) is 0 Å². The Bertz CT molecular complexity index is 1440. The van der Waals surface area contributed by atoms with Gasteiger partial charge in [-0.2, -0.15) is 0 Å². The lowest BCUT2D eigenvalue weighted by Gasteiger charge is -2.35. The van der Waals surface area contributed by atoms with E-state index in [-0.39, 0.29) is 35.6 Å². The molecule has 34 heavy (non-hydrogen) atoms. The van der Waals surface area contributed by atoms with Gasteiger partial charge in [-0.25, -0.2) is 4.98 Å². The molecule has 5 rings (SSSR count). The Morgan fingerprint density at radius 3 is 2.68 bits per heavy atom. The molecule has 1 atom stereocenters. The number of aryl methyl sites for hydroxylation is 1. The Morgan fingerprint density at radius 1 is 1.09 bits per heavy atom. The van der Waals surface area contributed by atoms with Crippen LogP contribution in [0.1, 0.15) is 34.8 Å². The van der Waals surface area contributed by atoms with Crippen LogP contribution in [0.15, 0.2) is 60.7 Å². The van der Waals surface area contributed by atoms with Gasteiger partial charge < -0.3 is 20.2 Å². The highest BCUT2D eigenvalue weighted by atomic mass is 35.5. The summed E-state index contributed by atoms with van der Waals surface area (Å²) >= 11 is 6.11. The fourth-order valence-electron chi connectivity index (χ4n) is 4.60. The molecule has 0 fully saturated rings. The van der Waals surface area contributed by atoms with Gasteiger partial charge in [-0.05, 0) is 73.9 Å². The van der Waals surface area contributed by atoms with Crippen molar-refractivity contribution in [3.8, 4) is 22.8 Å². The van der Waals surface area contributed by atoms with E-state index in [0.717, 1.165) is 40.6 Å². The van der Waals surface area contributed by atoms with Crippen LogP contribution >= 0.6 is 11.6 Å². The number of halogens is 1. The zero-order valence-electron chi connectivity index (χ0n) is 18.5. The summed E-state index contributed by atoms with van der Waals surface area (Å²) in [4.78, 5) is 19.8. The van der Waals surface area contributed by atoms with Gasteiger partial charge in [0.2, 0.25) is 0 Å². The second kappa shape index (κ2) is 8.63. The maximum atomic E-state index is 13.4. The molecule has 0 saturated carbocycles. The molecule has 1 aliphatic rings. The monoisotopic (exact) mass is 474 g/mol. The second-order valence-electron chi connectivity index (χ2n) is 8.60. The molecular formula is C27H23ClN2O4. The maximum absolute atomic E-state index is 13.4. The van der Waals surface area contributed by atoms with E-state index in [1.807, 2.05) is 43.3 Å². The predicted octanol–water partition coefficient (Wildman–Crippen LogP) is 5.44. The number of benzene rings is 3. The molecule has 1 aromatic heterocycles. The van der Waals surface area contributed by atoms with Crippen LogP contribution in [0, 0.1) is 0 Å². The van der Waals surface area contributed by atoms with E-state index < -0.39 is 0 Å². The first kappa shape index (κ1) is 22.2. The molecule has 6 nitrogen and oxygen atoms in total. The number of phenolic OH excluding ortho intramolecular Hbond substituents is 2. The van der Waals surface area contributed by atoms with E-state index in [0.29, 0.717) is 16.3 Å². The summed E-state index contributed by atoms with van der Waals surface area (Å²) in [5.41, 5.74) is 4.92. The van der Waals surface area contributed by atoms with Crippen LogP contribution < -0.4 is 4.90 Å². The van der Waals surface area contributed by atoms with E-state index in [2.05, 4.69) is 0 Å². The molecule has 2 heterocycles. The van der Waals surface area contributed by atoms with Crippen LogP contribution in [0.5, 0.6) is 11.5 Å². The van der Waals surface area contributed by atoms with Crippen molar-refractivity contribution in [1.82, 2.24) is 4.98 Å². The molecule has 4 aromatic rings. The Morgan fingerprint density at radius 2 is 1.91 bits per heavy atom. The van der Waals surface area contributed by atoms with Gasteiger partial charge in [-0.3, -0.25) is 4.79 Å². The molecule has 3 aromatic carbocycles. The molecule has 172 valence electrons. The normalized spacial score (nSPS) is 15.4. The van der Waals surface area contributed by atoms with Crippen molar-refractivity contribution in [3.05, 3.63) is 82.4 Å². The van der Waals surface area contributed by atoms with Crippen LogP contribution in [0.2, 0.25) is 5.02 Å². The summed E-state index contributed by atoms with van der Waals surface area (Å²) in [6.45, 7) is 1.82. The molecule has 0 unspecified atom stereocenters. The topological polar surface area (TPSA) is 93.9 Å². The molecule has 0 saturated heterocycles. The lowest BCUT2D eigenvalue weighted by Crippen LogP contribution is -2.42. The third-order valence-corrected chi connectivity index (χ3v) is 6.58. The van der Waals surface area contributed by atoms with E-state index in [1.54, 1.807) is 11.0 Å². The molecular weight excluding hydrogens is 452 g/mol. The largest absolute Gasteiger partial charge is 0.508 e. The molecule has 0 aliphatic carbocycles. The van der Waals surface area contributed by atoms with Crippen molar-refractivity contribution in [2.24, 2.45) is 0 Å². The standard InChI is InChI=1S/C27H23ClN2O4/c1-15-2-3-16-10-17(26-19(14-31)11-18-12-20(28)5-8-23(18)29-26)4-9-24(16)30(15)27(34)22-7-6-21(32)13-25(22)33/h4-13,15,31-33H,2-3,14H2,1H3/t15-/m0/s1. The van der Waals surface area contributed by atoms with Gasteiger partial charge in [0.15, 0.2) is 0 Å². The minimum Gasteiger partial charge on any atom is -0.508 e. The minimum absolute atomic E-state index is 0.0596. The lowest BCUT2D eigenvalue weighted by molar-refractivity contribution is 0.0972. The Labute approximate surface area is 201 Å². The number of aliphatic hydroxyl groups excluding tert-OH is 1. The van der Waals surface area contributed by atoms with Gasteiger partial charge in [0.25, 0.3) is 5.91 Å². The number of carbonyl (C=O) groups excluding carboxylic acids is 1. The number of pyridine rings is 1. The van der Waals surface area contributed by atoms with E-state index in [9.17, 15) is 20.1 Å². The van der Waals surface area contributed by atoms with Gasteiger partial charge >= 0.3 is 0 Å². The van der Waals surface area contributed by atoms with Gasteiger partial charge in [0, 0.05) is 39.3 Å². The fraction of sp³-hybridized carbons (Fsp3) is 0.185. The summed E-state index contributed by atoms with van der Waals surface area (Å²) in [5.74, 6) is -0.680. The van der Waals surface area contributed by atoms with Crippen LogP contribution in [-0.2, 0) is 13.0 Å². The lowest BCUT2D eigenvalue weighted by atomic mass is 9.92. The Balaban J connectivity index is 1.58. The Kier molecular flexibility index (Phi) is 5.63. The molecule has 7 heteroatoms. The van der Waals surface area contributed by atoms with Gasteiger partial charge in [0.05, 0.1) is 23.4 Å². The first-order valence-corrected chi connectivity index (χ1v) is 11.4. The molecule has 0 radical (unpaired) electrons. The number of fused-ring (bicyclic) bond motifs is 2. The summed E-state index contributed by atoms with van der Waals surface area (Å²) < 4.78 is 0. The summed E-state index contributed by atoms with van der Waals surface area (Å²) in [7, 11) is 0. The van der Waals surface area contributed by atoms with Crippen molar-refractivity contribution >= 4 is 34.1 Å². The molecule has 1 amide bonds. The van der Waals surface area contributed by atoms with Gasteiger partial charge in [-0.15, -0.1) is 0 Å². The quantitative estimate of drug-likeness (QED) is 0.367. The second-order valence-corrected chi connectivity index (χ2v) is 9.04. The van der Waals surface area contributed by atoms with Crippen LogP contribution in [0.4, 0.5) is 5.69 Å². The number of aliphatic hydroxyl groups is 1. The predicted molar refractivity (Wildman–Crippen MR) is 132 cm³/mol. The highest BCUT2D eigenvalue weighted by Gasteiger charge is 2.30. The number of hydrogen-bond acceptors (Lipinski definition) is 5. The van der Waals surface area contributed by atoms with Crippen molar-refractivity contribution in [3.63, 3.8) is 0 Å². The number of carbonyl (C=O) groups is 1. The summed E-state index contributed by atoms with van der Waals surface area (Å²) in [5, 5.41) is 31.3. The van der Waals surface area contributed by atoms with E-state index in [4.69, 9.17) is 16.6 Å². The number of amides is 1. The number of phenols is 2. The summed E-state index contributed by atoms with van der Waals surface area (Å²) in [6, 6.07) is 17.1. The first-order chi connectivity index (χ1) is 16.4. The zero-order valence-corrected chi connectivity index (χ0v) is 19.3. The van der Waals surface area contributed by atoms with Gasteiger partial charge in [0.1, 0.15) is 11.5 Å². The van der Waals surface area contributed by atoms with Gasteiger partial charge in [-0.1, -0.05) is 17.7 Å². The Hall–Kier alpha value is -3.61. The number of anilines is 1. The number of hydrogen-bond donors (Lipinski definition) is 3. The maximum Gasteiger partial charge on any atom is 0.262 e. The summed E-state index contributed by atoms with van der Waals surface area (Å²) in [6.07, 6.45) is 1.55. The average Bonchev–Trinajstić information content (AvgIpc) is 2.82. The van der Waals surface area contributed by atoms with E-state index >= 15 is 0 Å². The average molecular weight is 475 g/mol. The SMILES string of the molecule is C[C@H]1CCc2cc(-c3nc4ccc(Cl)cc4cc3CO)ccc2N1C(=O)c1ccc(O)cc1O. The number of aromatic hydroxyl groups is 2. The number of rotatable bonds is 3. The number of aromatic nitrogens is 1. The molecule has 3 N–H and O–H groups in total. The zero-order chi connectivity index (χ0) is 24.0. The van der Waals surface area contributed by atoms with E-state index in [1.165, 1.54) is 18.2 Å². The highest BCUT2D eigenvalue weighted by molar-refractivity contribution is 6.31. The third-order valence-electron chi connectivity index (χ3n) is 6.34. The fourth-order valence-corrected chi connectivity index (χ4v) is 4.78. The van der Waals surface area contributed by atoms with Crippen LogP contribution in [0.3, 0.4) is 0 Å². The highest BCUT2D eigenvalue weighted by Crippen LogP contribution is 2.37. The van der Waals surface area contributed by atoms with Crippen LogP contribution in [0.25, 0.3) is 22.2 Å². The molecule has 1 aliphatic heterocycles. The molecule has 0 bridgehead atoms. The molecule has 0 spiro atoms. The third kappa shape index (κ3) is 3.85. The van der Waals surface area contributed by atoms with Crippen molar-refractivity contribution in [2.45, 2.75) is 32.4 Å². The first-order valence-electron chi connectivity index (χ1n) is 11.0.